The average Bonchev–Trinajstić information content (AvgIpc) is 2.53. The maximum absolute atomic E-state index is 14.3. The monoisotopic (exact) mass is 289 g/mol. The van der Waals surface area contributed by atoms with Gasteiger partial charge >= 0.3 is 0 Å². The molecule has 0 aliphatic carbocycles. The van der Waals surface area contributed by atoms with E-state index >= 15 is 0 Å². The molecule has 0 radical (unpaired) electrons. The molecule has 2 rings (SSSR count). The van der Waals surface area contributed by atoms with Gasteiger partial charge in [0, 0.05) is 23.2 Å². The molecule has 0 aliphatic heterocycles. The molecule has 112 valence electrons. The van der Waals surface area contributed by atoms with Crippen LogP contribution in [0.25, 0.3) is 11.1 Å². The summed E-state index contributed by atoms with van der Waals surface area (Å²) in [6.45, 7) is 2.05. The molecular formula is C17H20FNO2. The summed E-state index contributed by atoms with van der Waals surface area (Å²) in [5.41, 5.74) is 2.30. The number of methoxy groups -OCH3 is 2. The maximum atomic E-state index is 14.3. The summed E-state index contributed by atoms with van der Waals surface area (Å²) in [4.78, 5) is 0. The summed E-state index contributed by atoms with van der Waals surface area (Å²) in [5.74, 6) is 0.808. The molecule has 0 fully saturated rings. The summed E-state index contributed by atoms with van der Waals surface area (Å²) in [5, 5.41) is 3.18. The minimum Gasteiger partial charge on any atom is -0.497 e. The lowest BCUT2D eigenvalue weighted by Crippen LogP contribution is -2.12. The Hall–Kier alpha value is -2.07. The van der Waals surface area contributed by atoms with Gasteiger partial charge in [-0.15, -0.1) is 0 Å². The van der Waals surface area contributed by atoms with Crippen LogP contribution in [0.2, 0.25) is 0 Å². The van der Waals surface area contributed by atoms with E-state index in [0.717, 1.165) is 11.1 Å². The highest BCUT2D eigenvalue weighted by molar-refractivity contribution is 5.72. The molecule has 0 saturated heterocycles. The highest BCUT2D eigenvalue weighted by atomic mass is 19.1. The minimum atomic E-state index is -0.332. The molecular weight excluding hydrogens is 269 g/mol. The van der Waals surface area contributed by atoms with Gasteiger partial charge in [-0.2, -0.15) is 0 Å². The molecule has 0 aliphatic rings. The van der Waals surface area contributed by atoms with E-state index in [1.807, 2.05) is 25.2 Å². The lowest BCUT2D eigenvalue weighted by molar-refractivity contribution is 0.410. The largest absolute Gasteiger partial charge is 0.497 e. The summed E-state index contributed by atoms with van der Waals surface area (Å²) < 4.78 is 24.7. The molecule has 0 heterocycles. The summed E-state index contributed by atoms with van der Waals surface area (Å²) in [6.07, 6.45) is 0. The predicted octanol–water partition coefficient (Wildman–Crippen LogP) is 3.79. The van der Waals surface area contributed by atoms with E-state index in [1.165, 1.54) is 13.2 Å². The van der Waals surface area contributed by atoms with Crippen molar-refractivity contribution < 1.29 is 13.9 Å². The van der Waals surface area contributed by atoms with Gasteiger partial charge < -0.3 is 14.8 Å². The molecule has 3 nitrogen and oxygen atoms in total. The van der Waals surface area contributed by atoms with E-state index in [2.05, 4.69) is 12.2 Å². The predicted molar refractivity (Wildman–Crippen MR) is 82.4 cm³/mol. The standard InChI is InChI=1S/C17H20FNO2/c1-11(19-2)12-5-8-17(21-4)15(9-12)14-7-6-13(20-3)10-16(14)18/h5-11,19H,1-4H3. The molecule has 1 N–H and O–H groups in total. The van der Waals surface area contributed by atoms with Crippen molar-refractivity contribution in [3.05, 3.63) is 47.8 Å². The van der Waals surface area contributed by atoms with Crippen LogP contribution in [0.15, 0.2) is 36.4 Å². The lowest BCUT2D eigenvalue weighted by Gasteiger charge is -2.16. The Balaban J connectivity index is 2.55. The molecule has 2 aromatic rings. The molecule has 1 atom stereocenters. The second-order valence-electron chi connectivity index (χ2n) is 4.82. The van der Waals surface area contributed by atoms with Crippen LogP contribution < -0.4 is 14.8 Å². The summed E-state index contributed by atoms with van der Waals surface area (Å²) in [7, 11) is 4.99. The van der Waals surface area contributed by atoms with E-state index < -0.39 is 0 Å². The normalized spacial score (nSPS) is 12.0. The zero-order chi connectivity index (χ0) is 15.4. The zero-order valence-electron chi connectivity index (χ0n) is 12.7. The molecule has 0 bridgehead atoms. The van der Waals surface area contributed by atoms with Crippen LogP contribution in [0.1, 0.15) is 18.5 Å². The van der Waals surface area contributed by atoms with Crippen molar-refractivity contribution in [3.63, 3.8) is 0 Å². The third-order valence-corrected chi connectivity index (χ3v) is 3.62. The Kier molecular flexibility index (Phi) is 4.81. The first-order chi connectivity index (χ1) is 10.1. The average molecular weight is 289 g/mol. The van der Waals surface area contributed by atoms with Gasteiger partial charge in [-0.25, -0.2) is 4.39 Å². The SMILES string of the molecule is CNC(C)c1ccc(OC)c(-c2ccc(OC)cc2F)c1. The van der Waals surface area contributed by atoms with Gasteiger partial charge in [-0.3, -0.25) is 0 Å². The van der Waals surface area contributed by atoms with Gasteiger partial charge in [0.25, 0.3) is 0 Å². The smallest absolute Gasteiger partial charge is 0.134 e. The van der Waals surface area contributed by atoms with Crippen LogP contribution in [-0.2, 0) is 0 Å². The highest BCUT2D eigenvalue weighted by Gasteiger charge is 2.14. The molecule has 0 spiro atoms. The first kappa shape index (κ1) is 15.3. The summed E-state index contributed by atoms with van der Waals surface area (Å²) in [6, 6.07) is 10.8. The van der Waals surface area contributed by atoms with E-state index in [0.29, 0.717) is 17.1 Å². The number of hydrogen-bond donors (Lipinski definition) is 1. The van der Waals surface area contributed by atoms with Crippen LogP contribution in [0.3, 0.4) is 0 Å². The fraction of sp³-hybridized carbons (Fsp3) is 0.294. The number of hydrogen-bond acceptors (Lipinski definition) is 3. The molecule has 21 heavy (non-hydrogen) atoms. The van der Waals surface area contributed by atoms with Gasteiger partial charge in [0.15, 0.2) is 0 Å². The first-order valence-electron chi connectivity index (χ1n) is 6.79. The van der Waals surface area contributed by atoms with Crippen molar-refractivity contribution in [2.24, 2.45) is 0 Å². The lowest BCUT2D eigenvalue weighted by atomic mass is 9.98. The fourth-order valence-corrected chi connectivity index (χ4v) is 2.21. The van der Waals surface area contributed by atoms with Crippen molar-refractivity contribution in [2.75, 3.05) is 21.3 Å². The van der Waals surface area contributed by atoms with E-state index in [4.69, 9.17) is 9.47 Å². The molecule has 0 aromatic heterocycles. The van der Waals surface area contributed by atoms with Crippen molar-refractivity contribution in [2.45, 2.75) is 13.0 Å². The molecule has 0 amide bonds. The third kappa shape index (κ3) is 3.16. The molecule has 4 heteroatoms. The maximum Gasteiger partial charge on any atom is 0.134 e. The van der Waals surface area contributed by atoms with Gasteiger partial charge in [0.2, 0.25) is 0 Å². The van der Waals surface area contributed by atoms with Gasteiger partial charge in [-0.1, -0.05) is 6.07 Å². The first-order valence-corrected chi connectivity index (χ1v) is 6.79. The van der Waals surface area contributed by atoms with E-state index in [1.54, 1.807) is 19.2 Å². The molecule has 0 saturated carbocycles. The summed E-state index contributed by atoms with van der Waals surface area (Å²) >= 11 is 0. The van der Waals surface area contributed by atoms with Gasteiger partial charge in [0.05, 0.1) is 14.2 Å². The Bertz CT molecular complexity index is 628. The second kappa shape index (κ2) is 6.59. The number of halogens is 1. The van der Waals surface area contributed by atoms with Crippen LogP contribution in [0.5, 0.6) is 11.5 Å². The Morgan fingerprint density at radius 2 is 1.76 bits per heavy atom. The topological polar surface area (TPSA) is 30.5 Å². The van der Waals surface area contributed by atoms with Crippen molar-refractivity contribution in [3.8, 4) is 22.6 Å². The Morgan fingerprint density at radius 3 is 2.33 bits per heavy atom. The van der Waals surface area contributed by atoms with Gasteiger partial charge in [0.1, 0.15) is 17.3 Å². The fourth-order valence-electron chi connectivity index (χ4n) is 2.21. The van der Waals surface area contributed by atoms with Crippen LogP contribution in [-0.4, -0.2) is 21.3 Å². The Labute approximate surface area is 124 Å². The molecule has 1 unspecified atom stereocenters. The minimum absolute atomic E-state index is 0.177. The van der Waals surface area contributed by atoms with E-state index in [9.17, 15) is 4.39 Å². The second-order valence-corrected chi connectivity index (χ2v) is 4.82. The number of ether oxygens (including phenoxy) is 2. The number of rotatable bonds is 5. The van der Waals surface area contributed by atoms with Crippen molar-refractivity contribution in [1.29, 1.82) is 0 Å². The quantitative estimate of drug-likeness (QED) is 0.908. The number of benzene rings is 2. The van der Waals surface area contributed by atoms with Crippen LogP contribution >= 0.6 is 0 Å². The van der Waals surface area contributed by atoms with Gasteiger partial charge in [-0.05, 0) is 43.8 Å². The van der Waals surface area contributed by atoms with Crippen molar-refractivity contribution >= 4 is 0 Å². The highest BCUT2D eigenvalue weighted by Crippen LogP contribution is 2.35. The number of nitrogens with one attached hydrogen (secondary N) is 1. The Morgan fingerprint density at radius 1 is 1.00 bits per heavy atom. The van der Waals surface area contributed by atoms with Crippen molar-refractivity contribution in [1.82, 2.24) is 5.32 Å². The molecule has 2 aromatic carbocycles. The van der Waals surface area contributed by atoms with Crippen LogP contribution in [0, 0.1) is 5.82 Å². The van der Waals surface area contributed by atoms with E-state index in [-0.39, 0.29) is 11.9 Å². The van der Waals surface area contributed by atoms with Crippen LogP contribution in [0.4, 0.5) is 4.39 Å². The zero-order valence-corrected chi connectivity index (χ0v) is 12.7. The third-order valence-electron chi connectivity index (χ3n) is 3.62.